The number of carboxylic acids is 1. The molecule has 2 aromatic carbocycles. The maximum absolute atomic E-state index is 16.4. The van der Waals surface area contributed by atoms with Crippen LogP contribution in [0.15, 0.2) is 36.5 Å². The molecule has 2 N–H and O–H groups in total. The average Bonchev–Trinajstić information content (AvgIpc) is 3.61. The number of aliphatic carboxylic acids is 1. The third-order valence-corrected chi connectivity index (χ3v) is 8.46. The van der Waals surface area contributed by atoms with Gasteiger partial charge in [0.25, 0.3) is 5.91 Å². The number of anilines is 1. The van der Waals surface area contributed by atoms with Crippen molar-refractivity contribution in [2.75, 3.05) is 18.4 Å². The molecule has 1 saturated heterocycles. The van der Waals surface area contributed by atoms with Gasteiger partial charge in [-0.05, 0) is 68.4 Å². The van der Waals surface area contributed by atoms with Crippen LogP contribution in [0.25, 0.3) is 10.9 Å². The van der Waals surface area contributed by atoms with Crippen molar-refractivity contribution in [3.63, 3.8) is 0 Å². The smallest absolute Gasteiger partial charge is 0.330 e. The fourth-order valence-corrected chi connectivity index (χ4v) is 6.07. The van der Waals surface area contributed by atoms with E-state index in [9.17, 15) is 23.9 Å². The Balaban J connectivity index is 1.33. The standard InChI is InChI=1S/C30H31ClF3N3O5/c1-36-16-20(27-22(32)5-4-6-25(27)36)28(39)35-24-15-23(33)18(13-21(24)31)14-26(38)30(34,37-11-2-3-12-37)42-19-9-7-17(8-10-19)29(40)41/h4-6,13,15-17,19H,2-3,7-12,14H2,1H3,(H,35,39)(H,40,41). The number of ketones is 1. The van der Waals surface area contributed by atoms with Crippen molar-refractivity contribution in [1.82, 2.24) is 9.47 Å². The van der Waals surface area contributed by atoms with Gasteiger partial charge in [0.15, 0.2) is 0 Å². The largest absolute Gasteiger partial charge is 0.481 e. The number of carboxylic acid groups (broad SMARTS) is 1. The minimum Gasteiger partial charge on any atom is -0.481 e. The first-order chi connectivity index (χ1) is 20.0. The van der Waals surface area contributed by atoms with Crippen LogP contribution >= 0.6 is 11.6 Å². The lowest BCUT2D eigenvalue weighted by molar-refractivity contribution is -0.252. The van der Waals surface area contributed by atoms with Gasteiger partial charge in [0.2, 0.25) is 5.78 Å². The van der Waals surface area contributed by atoms with Crippen molar-refractivity contribution in [3.8, 4) is 0 Å². The van der Waals surface area contributed by atoms with Gasteiger partial charge in [0.05, 0.1) is 33.8 Å². The highest BCUT2D eigenvalue weighted by molar-refractivity contribution is 6.34. The van der Waals surface area contributed by atoms with Crippen LogP contribution in [0.5, 0.6) is 0 Å². The number of alkyl halides is 1. The monoisotopic (exact) mass is 605 g/mol. The molecule has 3 aromatic rings. The van der Waals surface area contributed by atoms with Crippen molar-refractivity contribution < 1.29 is 37.4 Å². The molecule has 224 valence electrons. The zero-order valence-corrected chi connectivity index (χ0v) is 23.7. The van der Waals surface area contributed by atoms with E-state index in [4.69, 9.17) is 16.3 Å². The lowest BCUT2D eigenvalue weighted by atomic mass is 9.87. The Morgan fingerprint density at radius 1 is 1.10 bits per heavy atom. The summed E-state index contributed by atoms with van der Waals surface area (Å²) in [6.45, 7) is 0.575. The minimum atomic E-state index is -2.80. The number of nitrogens with one attached hydrogen (secondary N) is 1. The number of rotatable bonds is 9. The van der Waals surface area contributed by atoms with E-state index in [0.717, 1.165) is 12.1 Å². The van der Waals surface area contributed by atoms with E-state index in [2.05, 4.69) is 5.32 Å². The molecular formula is C30H31ClF3N3O5. The van der Waals surface area contributed by atoms with Gasteiger partial charge in [-0.2, -0.15) is 4.39 Å². The summed E-state index contributed by atoms with van der Waals surface area (Å²) in [6.07, 6.45) is 2.68. The highest BCUT2D eigenvalue weighted by Crippen LogP contribution is 2.35. The van der Waals surface area contributed by atoms with E-state index in [0.29, 0.717) is 44.0 Å². The van der Waals surface area contributed by atoms with Crippen LogP contribution in [-0.4, -0.2) is 57.4 Å². The number of hydrogen-bond donors (Lipinski definition) is 2. The molecule has 8 nitrogen and oxygen atoms in total. The summed E-state index contributed by atoms with van der Waals surface area (Å²) in [6, 6.07) is 6.50. The van der Waals surface area contributed by atoms with Crippen LogP contribution in [-0.2, 0) is 27.8 Å². The number of likely N-dealkylation sites (tertiary alicyclic amines) is 1. The predicted octanol–water partition coefficient (Wildman–Crippen LogP) is 5.85. The number of ether oxygens (including phenoxy) is 1. The van der Waals surface area contributed by atoms with E-state index in [1.807, 2.05) is 0 Å². The summed E-state index contributed by atoms with van der Waals surface area (Å²) in [5.41, 5.74) is 0.250. The van der Waals surface area contributed by atoms with E-state index < -0.39 is 53.7 Å². The van der Waals surface area contributed by atoms with Gasteiger partial charge in [-0.15, -0.1) is 0 Å². The molecule has 2 aliphatic rings. The van der Waals surface area contributed by atoms with Gasteiger partial charge >= 0.3 is 11.9 Å². The molecule has 1 aliphatic heterocycles. The Kier molecular flexibility index (Phi) is 8.63. The van der Waals surface area contributed by atoms with Gasteiger partial charge in [-0.3, -0.25) is 14.4 Å². The molecular weight excluding hydrogens is 575 g/mol. The van der Waals surface area contributed by atoms with Crippen LogP contribution in [0.3, 0.4) is 0 Å². The van der Waals surface area contributed by atoms with Crippen LogP contribution < -0.4 is 5.32 Å². The maximum atomic E-state index is 16.4. The molecule has 1 unspecified atom stereocenters. The number of amides is 1. The first-order valence-electron chi connectivity index (χ1n) is 13.9. The second-order valence-electron chi connectivity index (χ2n) is 11.0. The number of carbonyl (C=O) groups excluding carboxylic acids is 2. The Hall–Kier alpha value is -3.41. The third-order valence-electron chi connectivity index (χ3n) is 8.15. The molecule has 1 saturated carbocycles. The Morgan fingerprint density at radius 2 is 1.79 bits per heavy atom. The van der Waals surface area contributed by atoms with Crippen LogP contribution in [0.4, 0.5) is 18.9 Å². The number of nitrogens with zero attached hydrogens (tertiary/aromatic N) is 2. The van der Waals surface area contributed by atoms with Crippen LogP contribution in [0, 0.1) is 17.6 Å². The van der Waals surface area contributed by atoms with Gasteiger partial charge in [-0.1, -0.05) is 17.7 Å². The molecule has 0 radical (unpaired) electrons. The number of Topliss-reactive ketones (excluding diaryl/α,β-unsaturated/α-hetero) is 1. The topological polar surface area (TPSA) is 101 Å². The minimum absolute atomic E-state index is 0.0312. The first-order valence-corrected chi connectivity index (χ1v) is 14.3. The molecule has 42 heavy (non-hydrogen) atoms. The molecule has 2 heterocycles. The number of halogens is 4. The number of hydrogen-bond acceptors (Lipinski definition) is 5. The lowest BCUT2D eigenvalue weighted by Gasteiger charge is -2.37. The third kappa shape index (κ3) is 5.91. The highest BCUT2D eigenvalue weighted by atomic mass is 35.5. The number of aromatic nitrogens is 1. The van der Waals surface area contributed by atoms with Crippen molar-refractivity contribution in [2.24, 2.45) is 13.0 Å². The van der Waals surface area contributed by atoms with E-state index in [-0.39, 0.29) is 40.3 Å². The number of fused-ring (bicyclic) bond motifs is 1. The predicted molar refractivity (Wildman–Crippen MR) is 150 cm³/mol. The summed E-state index contributed by atoms with van der Waals surface area (Å²) in [5, 5.41) is 11.8. The molecule has 5 rings (SSSR count). The molecule has 1 aromatic heterocycles. The second-order valence-corrected chi connectivity index (χ2v) is 11.4. The molecule has 0 spiro atoms. The van der Waals surface area contributed by atoms with Gasteiger partial charge < -0.3 is 19.7 Å². The van der Waals surface area contributed by atoms with Crippen LogP contribution in [0.1, 0.15) is 54.4 Å². The molecule has 2 fully saturated rings. The van der Waals surface area contributed by atoms with E-state index >= 15 is 8.78 Å². The molecule has 0 bridgehead atoms. The highest BCUT2D eigenvalue weighted by Gasteiger charge is 2.49. The summed E-state index contributed by atoms with van der Waals surface area (Å²) in [4.78, 5) is 39.0. The number of carbonyl (C=O) groups is 3. The first kappa shape index (κ1) is 30.1. The van der Waals surface area contributed by atoms with Gasteiger partial charge in [0, 0.05) is 38.1 Å². The zero-order chi connectivity index (χ0) is 30.2. The second kappa shape index (κ2) is 12.1. The fourth-order valence-electron chi connectivity index (χ4n) is 5.83. The number of aryl methyl sites for hydroxylation is 1. The quantitative estimate of drug-likeness (QED) is 0.297. The fraction of sp³-hybridized carbons (Fsp3) is 0.433. The molecule has 1 atom stereocenters. The summed E-state index contributed by atoms with van der Waals surface area (Å²) in [7, 11) is 1.66. The molecule has 1 amide bonds. The van der Waals surface area contributed by atoms with Gasteiger partial charge in [-0.25, -0.2) is 13.7 Å². The van der Waals surface area contributed by atoms with Crippen molar-refractivity contribution in [2.45, 2.75) is 57.0 Å². The van der Waals surface area contributed by atoms with E-state index in [1.165, 1.54) is 23.2 Å². The molecule has 1 aliphatic carbocycles. The van der Waals surface area contributed by atoms with E-state index in [1.54, 1.807) is 17.7 Å². The molecule has 12 heteroatoms. The average molecular weight is 606 g/mol. The van der Waals surface area contributed by atoms with Crippen molar-refractivity contribution in [3.05, 3.63) is 64.3 Å². The Morgan fingerprint density at radius 3 is 2.45 bits per heavy atom. The maximum Gasteiger partial charge on any atom is 0.330 e. The Bertz CT molecular complexity index is 1530. The SMILES string of the molecule is Cn1cc(C(=O)Nc2cc(F)c(CC(=O)C(F)(OC3CCC(C(=O)O)CC3)N3CCCC3)cc2Cl)c2c(F)cccc21. The van der Waals surface area contributed by atoms with Crippen molar-refractivity contribution >= 4 is 45.9 Å². The van der Waals surface area contributed by atoms with Crippen LogP contribution in [0.2, 0.25) is 5.02 Å². The lowest BCUT2D eigenvalue weighted by Crippen LogP contribution is -2.54. The Labute approximate surface area is 245 Å². The van der Waals surface area contributed by atoms with Crippen molar-refractivity contribution in [1.29, 1.82) is 0 Å². The summed E-state index contributed by atoms with van der Waals surface area (Å²) in [5.74, 6) is -7.43. The number of benzene rings is 2. The normalized spacial score (nSPS) is 20.9. The van der Waals surface area contributed by atoms with Gasteiger partial charge in [0.1, 0.15) is 11.6 Å². The summed E-state index contributed by atoms with van der Waals surface area (Å²) < 4.78 is 53.5. The zero-order valence-electron chi connectivity index (χ0n) is 23.0. The summed E-state index contributed by atoms with van der Waals surface area (Å²) >= 11 is 6.35.